The zero-order valence-electron chi connectivity index (χ0n) is 19.1. The third kappa shape index (κ3) is 6.01. The normalized spacial score (nSPS) is 15.0. The molecular weight excluding hydrogens is 384 g/mol. The number of benzene rings is 2. The van der Waals surface area contributed by atoms with Gasteiger partial charge in [0.15, 0.2) is 0 Å². The Balaban J connectivity index is 1.74. The van der Waals surface area contributed by atoms with E-state index in [1.807, 2.05) is 30.3 Å². The summed E-state index contributed by atoms with van der Waals surface area (Å²) in [6.45, 7) is 8.12. The SMILES string of the molecule is CCCCC(CCCC)(C(=O)NNc1ccccc1)N1CCN(c2ccccc2)CC1. The number of rotatable bonds is 11. The number of piperazine rings is 1. The Morgan fingerprint density at radius 2 is 1.39 bits per heavy atom. The number of unbranched alkanes of at least 4 members (excludes halogenated alkanes) is 2. The Morgan fingerprint density at radius 1 is 0.839 bits per heavy atom. The maximum Gasteiger partial charge on any atom is 0.258 e. The quantitative estimate of drug-likeness (QED) is 0.496. The predicted molar refractivity (Wildman–Crippen MR) is 130 cm³/mol. The number of nitrogens with one attached hydrogen (secondary N) is 2. The smallest absolute Gasteiger partial charge is 0.258 e. The van der Waals surface area contributed by atoms with Gasteiger partial charge in [0.2, 0.25) is 0 Å². The van der Waals surface area contributed by atoms with Gasteiger partial charge in [0.1, 0.15) is 5.54 Å². The molecule has 1 amide bonds. The zero-order valence-corrected chi connectivity index (χ0v) is 19.1. The molecule has 168 valence electrons. The van der Waals surface area contributed by atoms with Gasteiger partial charge in [-0.3, -0.25) is 20.5 Å². The zero-order chi connectivity index (χ0) is 21.9. The number of amides is 1. The Kier molecular flexibility index (Phi) is 8.77. The van der Waals surface area contributed by atoms with Crippen molar-refractivity contribution in [2.24, 2.45) is 0 Å². The molecule has 1 fully saturated rings. The average molecular weight is 423 g/mol. The van der Waals surface area contributed by atoms with Crippen LogP contribution in [0, 0.1) is 0 Å². The van der Waals surface area contributed by atoms with Crippen molar-refractivity contribution >= 4 is 17.3 Å². The van der Waals surface area contributed by atoms with E-state index in [-0.39, 0.29) is 5.91 Å². The molecule has 2 N–H and O–H groups in total. The van der Waals surface area contributed by atoms with Crippen LogP contribution in [-0.2, 0) is 4.79 Å². The number of anilines is 2. The summed E-state index contributed by atoms with van der Waals surface area (Å²) in [5, 5.41) is 0. The summed E-state index contributed by atoms with van der Waals surface area (Å²) in [5.74, 6) is 0.103. The maximum atomic E-state index is 13.7. The van der Waals surface area contributed by atoms with Crippen molar-refractivity contribution < 1.29 is 4.79 Å². The Hall–Kier alpha value is -2.53. The molecule has 1 saturated heterocycles. The van der Waals surface area contributed by atoms with Gasteiger partial charge in [0.05, 0.1) is 5.69 Å². The van der Waals surface area contributed by atoms with Gasteiger partial charge >= 0.3 is 0 Å². The number of para-hydroxylation sites is 2. The van der Waals surface area contributed by atoms with Crippen molar-refractivity contribution in [3.05, 3.63) is 60.7 Å². The first kappa shape index (κ1) is 23.1. The number of hydrogen-bond donors (Lipinski definition) is 2. The van der Waals surface area contributed by atoms with Gasteiger partial charge in [0, 0.05) is 31.9 Å². The topological polar surface area (TPSA) is 47.6 Å². The van der Waals surface area contributed by atoms with Gasteiger partial charge in [-0.2, -0.15) is 0 Å². The maximum absolute atomic E-state index is 13.7. The third-order valence-corrected chi connectivity index (χ3v) is 6.41. The van der Waals surface area contributed by atoms with Gasteiger partial charge in [-0.25, -0.2) is 0 Å². The van der Waals surface area contributed by atoms with Crippen LogP contribution in [0.4, 0.5) is 11.4 Å². The van der Waals surface area contributed by atoms with Crippen molar-refractivity contribution in [3.63, 3.8) is 0 Å². The summed E-state index contributed by atoms with van der Waals surface area (Å²) in [6.07, 6.45) is 6.10. The van der Waals surface area contributed by atoms with Crippen LogP contribution in [-0.4, -0.2) is 42.5 Å². The predicted octanol–water partition coefficient (Wildman–Crippen LogP) is 5.07. The molecule has 2 aromatic carbocycles. The second-order valence-corrected chi connectivity index (χ2v) is 8.49. The van der Waals surface area contributed by atoms with E-state index in [1.165, 1.54) is 5.69 Å². The molecular formula is C26H38N4O. The standard InChI is InChI=1S/C26H38N4O/c1-3-5-17-26(18-6-4-2,25(31)28-27-23-13-9-7-10-14-23)30-21-19-29(20-22-30)24-15-11-8-12-16-24/h7-16,27H,3-6,17-22H2,1-2H3,(H,28,31). The summed E-state index contributed by atoms with van der Waals surface area (Å²) in [5.41, 5.74) is 7.91. The van der Waals surface area contributed by atoms with Crippen LogP contribution in [0.3, 0.4) is 0 Å². The number of hydrogen-bond acceptors (Lipinski definition) is 4. The molecule has 1 heterocycles. The monoisotopic (exact) mass is 422 g/mol. The lowest BCUT2D eigenvalue weighted by molar-refractivity contribution is -0.135. The number of nitrogens with zero attached hydrogens (tertiary/aromatic N) is 2. The van der Waals surface area contributed by atoms with Gasteiger partial charge in [-0.05, 0) is 37.1 Å². The van der Waals surface area contributed by atoms with E-state index in [0.29, 0.717) is 0 Å². The fourth-order valence-corrected chi connectivity index (χ4v) is 4.55. The Labute approximate surface area is 187 Å². The van der Waals surface area contributed by atoms with Crippen molar-refractivity contribution in [1.82, 2.24) is 10.3 Å². The highest BCUT2D eigenvalue weighted by Crippen LogP contribution is 2.31. The summed E-state index contributed by atoms with van der Waals surface area (Å²) >= 11 is 0. The highest BCUT2D eigenvalue weighted by Gasteiger charge is 2.43. The van der Waals surface area contributed by atoms with E-state index < -0.39 is 5.54 Å². The fourth-order valence-electron chi connectivity index (χ4n) is 4.55. The highest BCUT2D eigenvalue weighted by molar-refractivity contribution is 5.87. The molecule has 0 aromatic heterocycles. The largest absolute Gasteiger partial charge is 0.369 e. The molecule has 5 heteroatoms. The summed E-state index contributed by atoms with van der Waals surface area (Å²) in [7, 11) is 0. The molecule has 3 rings (SSSR count). The Morgan fingerprint density at radius 3 is 1.94 bits per heavy atom. The van der Waals surface area contributed by atoms with Crippen LogP contribution in [0.15, 0.2) is 60.7 Å². The van der Waals surface area contributed by atoms with Crippen LogP contribution in [0.25, 0.3) is 0 Å². The summed E-state index contributed by atoms with van der Waals surface area (Å²) in [6, 6.07) is 20.5. The fraction of sp³-hybridized carbons (Fsp3) is 0.500. The van der Waals surface area contributed by atoms with E-state index in [0.717, 1.165) is 70.4 Å². The number of hydrazine groups is 1. The molecule has 0 unspecified atom stereocenters. The summed E-state index contributed by atoms with van der Waals surface area (Å²) in [4.78, 5) is 18.6. The number of carbonyl (C=O) groups is 1. The molecule has 0 radical (unpaired) electrons. The van der Waals surface area contributed by atoms with Crippen LogP contribution < -0.4 is 15.8 Å². The lowest BCUT2D eigenvalue weighted by Crippen LogP contribution is -2.64. The second kappa shape index (κ2) is 11.8. The molecule has 0 bridgehead atoms. The van der Waals surface area contributed by atoms with Crippen molar-refractivity contribution in [3.8, 4) is 0 Å². The highest BCUT2D eigenvalue weighted by atomic mass is 16.2. The molecule has 2 aromatic rings. The van der Waals surface area contributed by atoms with Gasteiger partial charge in [-0.1, -0.05) is 75.9 Å². The van der Waals surface area contributed by atoms with Crippen LogP contribution in [0.1, 0.15) is 52.4 Å². The van der Waals surface area contributed by atoms with Gasteiger partial charge in [-0.15, -0.1) is 0 Å². The molecule has 31 heavy (non-hydrogen) atoms. The van der Waals surface area contributed by atoms with E-state index in [2.05, 4.69) is 64.8 Å². The van der Waals surface area contributed by atoms with Crippen molar-refractivity contribution in [2.45, 2.75) is 57.9 Å². The molecule has 0 atom stereocenters. The van der Waals surface area contributed by atoms with E-state index in [4.69, 9.17) is 0 Å². The van der Waals surface area contributed by atoms with Crippen molar-refractivity contribution in [2.75, 3.05) is 36.5 Å². The van der Waals surface area contributed by atoms with E-state index in [1.54, 1.807) is 0 Å². The van der Waals surface area contributed by atoms with Crippen LogP contribution >= 0.6 is 0 Å². The molecule has 5 nitrogen and oxygen atoms in total. The van der Waals surface area contributed by atoms with Crippen LogP contribution in [0.5, 0.6) is 0 Å². The first-order valence-electron chi connectivity index (χ1n) is 11.9. The van der Waals surface area contributed by atoms with E-state index >= 15 is 0 Å². The van der Waals surface area contributed by atoms with Crippen LogP contribution in [0.2, 0.25) is 0 Å². The minimum atomic E-state index is -0.462. The minimum absolute atomic E-state index is 0.103. The Bertz CT molecular complexity index is 765. The lowest BCUT2D eigenvalue weighted by atomic mass is 9.83. The van der Waals surface area contributed by atoms with E-state index in [9.17, 15) is 4.79 Å². The second-order valence-electron chi connectivity index (χ2n) is 8.49. The first-order valence-corrected chi connectivity index (χ1v) is 11.9. The first-order chi connectivity index (χ1) is 15.2. The third-order valence-electron chi connectivity index (χ3n) is 6.41. The molecule has 1 aliphatic heterocycles. The molecule has 0 spiro atoms. The molecule has 0 saturated carbocycles. The van der Waals surface area contributed by atoms with Gasteiger partial charge in [0.25, 0.3) is 5.91 Å². The molecule has 0 aliphatic carbocycles. The van der Waals surface area contributed by atoms with Gasteiger partial charge < -0.3 is 4.90 Å². The van der Waals surface area contributed by atoms with Crippen molar-refractivity contribution in [1.29, 1.82) is 0 Å². The molecule has 1 aliphatic rings. The minimum Gasteiger partial charge on any atom is -0.369 e. The average Bonchev–Trinajstić information content (AvgIpc) is 2.84. The summed E-state index contributed by atoms with van der Waals surface area (Å²) < 4.78 is 0. The number of carbonyl (C=O) groups excluding carboxylic acids is 1. The lowest BCUT2D eigenvalue weighted by Gasteiger charge is -2.47.